The number of benzene rings is 1. The highest BCUT2D eigenvalue weighted by atomic mass is 35.5. The number of ether oxygens (including phenoxy) is 1. The lowest BCUT2D eigenvalue weighted by atomic mass is 10.1. The molecule has 0 fully saturated rings. The fourth-order valence-corrected chi connectivity index (χ4v) is 2.85. The standard InChI is InChI=1S/C16H22ClFN2O/c1-4-5-6-11(2)20-14-10-15(21-3)12(18)9-13(14)19-16(20)7-8-17/h9-11H,4-8H2,1-3H3. The van der Waals surface area contributed by atoms with E-state index in [1.807, 2.05) is 0 Å². The summed E-state index contributed by atoms with van der Waals surface area (Å²) < 4.78 is 21.1. The fourth-order valence-electron chi connectivity index (χ4n) is 2.68. The largest absolute Gasteiger partial charge is 0.494 e. The van der Waals surface area contributed by atoms with Gasteiger partial charge in [-0.1, -0.05) is 19.8 Å². The second kappa shape index (κ2) is 7.12. The first kappa shape index (κ1) is 16.1. The smallest absolute Gasteiger partial charge is 0.167 e. The molecule has 0 radical (unpaired) electrons. The molecular weight excluding hydrogens is 291 g/mol. The molecule has 0 bridgehead atoms. The van der Waals surface area contributed by atoms with Gasteiger partial charge in [-0.05, 0) is 13.3 Å². The maximum atomic E-state index is 13.9. The Morgan fingerprint density at radius 2 is 2.19 bits per heavy atom. The summed E-state index contributed by atoms with van der Waals surface area (Å²) in [7, 11) is 1.48. The van der Waals surface area contributed by atoms with Crippen molar-refractivity contribution in [2.75, 3.05) is 13.0 Å². The molecule has 0 aliphatic heterocycles. The molecule has 2 aromatic rings. The van der Waals surface area contributed by atoms with Gasteiger partial charge in [-0.15, -0.1) is 11.6 Å². The highest BCUT2D eigenvalue weighted by molar-refractivity contribution is 6.17. The van der Waals surface area contributed by atoms with Gasteiger partial charge in [0.05, 0.1) is 18.1 Å². The minimum absolute atomic E-state index is 0.253. The Balaban J connectivity index is 2.54. The molecule has 21 heavy (non-hydrogen) atoms. The minimum Gasteiger partial charge on any atom is -0.494 e. The Labute approximate surface area is 130 Å². The summed E-state index contributed by atoms with van der Waals surface area (Å²) in [6, 6.07) is 3.48. The lowest BCUT2D eigenvalue weighted by Gasteiger charge is -2.17. The van der Waals surface area contributed by atoms with Crippen LogP contribution in [0.3, 0.4) is 0 Å². The highest BCUT2D eigenvalue weighted by Gasteiger charge is 2.18. The Morgan fingerprint density at radius 3 is 2.81 bits per heavy atom. The first-order valence-electron chi connectivity index (χ1n) is 7.42. The summed E-state index contributed by atoms with van der Waals surface area (Å²) >= 11 is 5.88. The number of nitrogens with zero attached hydrogens (tertiary/aromatic N) is 2. The monoisotopic (exact) mass is 312 g/mol. The zero-order chi connectivity index (χ0) is 15.4. The summed E-state index contributed by atoms with van der Waals surface area (Å²) in [6.45, 7) is 4.35. The molecule has 0 amide bonds. The van der Waals surface area contributed by atoms with Gasteiger partial charge in [0.1, 0.15) is 5.82 Å². The number of rotatable bonds is 7. The van der Waals surface area contributed by atoms with E-state index in [1.54, 1.807) is 6.07 Å². The van der Waals surface area contributed by atoms with Gasteiger partial charge in [-0.2, -0.15) is 0 Å². The van der Waals surface area contributed by atoms with Crippen LogP contribution in [0.5, 0.6) is 5.75 Å². The summed E-state index contributed by atoms with van der Waals surface area (Å²) in [6.07, 6.45) is 4.05. The zero-order valence-corrected chi connectivity index (χ0v) is 13.6. The predicted octanol–water partition coefficient (Wildman–Crippen LogP) is 4.72. The molecular formula is C16H22ClFN2O. The summed E-state index contributed by atoms with van der Waals surface area (Å²) in [5.41, 5.74) is 1.58. The average molecular weight is 313 g/mol. The molecule has 1 heterocycles. The summed E-state index contributed by atoms with van der Waals surface area (Å²) in [5, 5.41) is 0. The molecule has 0 saturated carbocycles. The maximum absolute atomic E-state index is 13.9. The van der Waals surface area contributed by atoms with E-state index in [-0.39, 0.29) is 11.6 Å². The minimum atomic E-state index is -0.381. The van der Waals surface area contributed by atoms with Gasteiger partial charge < -0.3 is 9.30 Å². The van der Waals surface area contributed by atoms with E-state index >= 15 is 0 Å². The van der Waals surface area contributed by atoms with Crippen molar-refractivity contribution in [1.29, 1.82) is 0 Å². The van der Waals surface area contributed by atoms with Crippen LogP contribution in [0.2, 0.25) is 0 Å². The highest BCUT2D eigenvalue weighted by Crippen LogP contribution is 2.29. The van der Waals surface area contributed by atoms with Crippen molar-refractivity contribution < 1.29 is 9.13 Å². The van der Waals surface area contributed by atoms with E-state index < -0.39 is 0 Å². The first-order valence-corrected chi connectivity index (χ1v) is 7.96. The molecule has 1 atom stereocenters. The summed E-state index contributed by atoms with van der Waals surface area (Å²) in [5.74, 6) is 1.29. The molecule has 1 unspecified atom stereocenters. The summed E-state index contributed by atoms with van der Waals surface area (Å²) in [4.78, 5) is 4.55. The molecule has 2 rings (SSSR count). The normalized spacial score (nSPS) is 12.8. The van der Waals surface area contributed by atoms with Gasteiger partial charge in [0.2, 0.25) is 0 Å². The van der Waals surface area contributed by atoms with Crippen LogP contribution in [0.15, 0.2) is 12.1 Å². The Morgan fingerprint density at radius 1 is 1.43 bits per heavy atom. The van der Waals surface area contributed by atoms with Gasteiger partial charge in [-0.3, -0.25) is 0 Å². The van der Waals surface area contributed by atoms with Crippen molar-refractivity contribution >= 4 is 22.6 Å². The number of fused-ring (bicyclic) bond motifs is 1. The van der Waals surface area contributed by atoms with E-state index in [1.165, 1.54) is 13.2 Å². The fraction of sp³-hybridized carbons (Fsp3) is 0.562. The number of halogens is 2. The average Bonchev–Trinajstić information content (AvgIpc) is 2.81. The topological polar surface area (TPSA) is 27.1 Å². The lowest BCUT2D eigenvalue weighted by molar-refractivity contribution is 0.387. The third-order valence-electron chi connectivity index (χ3n) is 3.77. The molecule has 0 aliphatic carbocycles. The van der Waals surface area contributed by atoms with Gasteiger partial charge in [0, 0.05) is 30.5 Å². The van der Waals surface area contributed by atoms with Gasteiger partial charge in [0.25, 0.3) is 0 Å². The second-order valence-electron chi connectivity index (χ2n) is 5.30. The number of methoxy groups -OCH3 is 1. The zero-order valence-electron chi connectivity index (χ0n) is 12.8. The second-order valence-corrected chi connectivity index (χ2v) is 5.68. The van der Waals surface area contributed by atoms with Crippen LogP contribution in [0.1, 0.15) is 45.0 Å². The number of aryl methyl sites for hydroxylation is 1. The van der Waals surface area contributed by atoms with Crippen molar-refractivity contribution in [2.24, 2.45) is 0 Å². The molecule has 0 saturated heterocycles. The first-order chi connectivity index (χ1) is 10.1. The van der Waals surface area contributed by atoms with E-state index in [2.05, 4.69) is 23.4 Å². The number of hydrogen-bond donors (Lipinski definition) is 0. The van der Waals surface area contributed by atoms with Gasteiger partial charge in [0.15, 0.2) is 11.6 Å². The Bertz CT molecular complexity index is 612. The quantitative estimate of drug-likeness (QED) is 0.692. The van der Waals surface area contributed by atoms with Crippen LogP contribution in [0.4, 0.5) is 4.39 Å². The maximum Gasteiger partial charge on any atom is 0.167 e. The lowest BCUT2D eigenvalue weighted by Crippen LogP contribution is -2.10. The van der Waals surface area contributed by atoms with Crippen molar-refractivity contribution in [3.8, 4) is 5.75 Å². The number of imidazole rings is 1. The molecule has 3 nitrogen and oxygen atoms in total. The van der Waals surface area contributed by atoms with E-state index in [4.69, 9.17) is 16.3 Å². The Hall–Kier alpha value is -1.29. The molecule has 1 aromatic carbocycles. The van der Waals surface area contributed by atoms with Crippen LogP contribution in [-0.4, -0.2) is 22.5 Å². The van der Waals surface area contributed by atoms with Gasteiger partial charge >= 0.3 is 0 Å². The van der Waals surface area contributed by atoms with Crippen LogP contribution in [0.25, 0.3) is 11.0 Å². The number of alkyl halides is 1. The number of aromatic nitrogens is 2. The van der Waals surface area contributed by atoms with E-state index in [9.17, 15) is 4.39 Å². The molecule has 1 aromatic heterocycles. The molecule has 0 spiro atoms. The third kappa shape index (κ3) is 3.31. The van der Waals surface area contributed by atoms with Crippen LogP contribution < -0.4 is 4.74 Å². The van der Waals surface area contributed by atoms with E-state index in [0.717, 1.165) is 30.6 Å². The number of unbranched alkanes of at least 4 members (excludes halogenated alkanes) is 1. The Kier molecular flexibility index (Phi) is 5.45. The van der Waals surface area contributed by atoms with Crippen molar-refractivity contribution in [2.45, 2.75) is 45.6 Å². The molecule has 116 valence electrons. The molecule has 0 aliphatic rings. The third-order valence-corrected chi connectivity index (χ3v) is 3.96. The van der Waals surface area contributed by atoms with Crippen LogP contribution in [0, 0.1) is 5.82 Å². The van der Waals surface area contributed by atoms with Crippen LogP contribution in [-0.2, 0) is 6.42 Å². The number of hydrogen-bond acceptors (Lipinski definition) is 2. The molecule has 0 N–H and O–H groups in total. The van der Waals surface area contributed by atoms with Crippen LogP contribution >= 0.6 is 11.6 Å². The predicted molar refractivity (Wildman–Crippen MR) is 84.9 cm³/mol. The van der Waals surface area contributed by atoms with Crippen molar-refractivity contribution in [1.82, 2.24) is 9.55 Å². The SMILES string of the molecule is CCCCC(C)n1c(CCCl)nc2cc(F)c(OC)cc21. The van der Waals surface area contributed by atoms with Gasteiger partial charge in [-0.25, -0.2) is 9.37 Å². The van der Waals surface area contributed by atoms with Crippen molar-refractivity contribution in [3.05, 3.63) is 23.8 Å². The molecule has 5 heteroatoms. The van der Waals surface area contributed by atoms with E-state index in [0.29, 0.717) is 23.9 Å². The van der Waals surface area contributed by atoms with Crippen molar-refractivity contribution in [3.63, 3.8) is 0 Å².